The summed E-state index contributed by atoms with van der Waals surface area (Å²) >= 11 is 0. The summed E-state index contributed by atoms with van der Waals surface area (Å²) in [5, 5.41) is 11.7. The maximum Gasteiger partial charge on any atom is 0.228 e. The minimum Gasteiger partial charge on any atom is -0.372 e. The molecule has 0 aliphatic carbocycles. The standard InChI is InChI=1S/C19H19N3O/c20-14-16-4-3-5-17(12-16)21-19(23)13-15-6-8-18(9-7-15)22-10-1-2-11-22/h3-9,12H,1-2,10-11,13H2,(H,21,23). The highest BCUT2D eigenvalue weighted by Gasteiger charge is 2.12. The van der Waals surface area contributed by atoms with Crippen molar-refractivity contribution in [2.45, 2.75) is 19.3 Å². The van der Waals surface area contributed by atoms with Gasteiger partial charge in [0.1, 0.15) is 0 Å². The average molecular weight is 305 g/mol. The van der Waals surface area contributed by atoms with Gasteiger partial charge in [-0.05, 0) is 48.7 Å². The fourth-order valence-corrected chi connectivity index (χ4v) is 2.86. The molecule has 1 amide bonds. The lowest BCUT2D eigenvalue weighted by atomic mass is 10.1. The first kappa shape index (κ1) is 15.1. The van der Waals surface area contributed by atoms with Crippen LogP contribution in [0.1, 0.15) is 24.0 Å². The Balaban J connectivity index is 1.60. The predicted molar refractivity (Wildman–Crippen MR) is 91.4 cm³/mol. The average Bonchev–Trinajstić information content (AvgIpc) is 3.10. The van der Waals surface area contributed by atoms with Crippen LogP contribution in [0.5, 0.6) is 0 Å². The van der Waals surface area contributed by atoms with Crippen LogP contribution in [0, 0.1) is 11.3 Å². The van der Waals surface area contributed by atoms with Gasteiger partial charge in [0.2, 0.25) is 5.91 Å². The molecule has 4 heteroatoms. The van der Waals surface area contributed by atoms with Gasteiger partial charge in [0, 0.05) is 24.5 Å². The highest BCUT2D eigenvalue weighted by atomic mass is 16.1. The highest BCUT2D eigenvalue weighted by molar-refractivity contribution is 5.92. The Morgan fingerprint density at radius 1 is 1.13 bits per heavy atom. The summed E-state index contributed by atoms with van der Waals surface area (Å²) in [5.41, 5.74) is 3.41. The van der Waals surface area contributed by atoms with E-state index in [1.54, 1.807) is 24.3 Å². The smallest absolute Gasteiger partial charge is 0.228 e. The molecular weight excluding hydrogens is 286 g/mol. The lowest BCUT2D eigenvalue weighted by Gasteiger charge is -2.17. The molecule has 2 aromatic rings. The van der Waals surface area contributed by atoms with Gasteiger partial charge in [-0.25, -0.2) is 0 Å². The quantitative estimate of drug-likeness (QED) is 0.942. The SMILES string of the molecule is N#Cc1cccc(NC(=O)Cc2ccc(N3CCCC3)cc2)c1. The molecule has 1 aliphatic rings. The number of nitrogens with one attached hydrogen (secondary N) is 1. The van der Waals surface area contributed by atoms with E-state index < -0.39 is 0 Å². The Hall–Kier alpha value is -2.80. The van der Waals surface area contributed by atoms with Crippen molar-refractivity contribution in [3.8, 4) is 6.07 Å². The van der Waals surface area contributed by atoms with Crippen molar-refractivity contribution in [3.63, 3.8) is 0 Å². The van der Waals surface area contributed by atoms with Gasteiger partial charge >= 0.3 is 0 Å². The number of carbonyl (C=O) groups is 1. The Morgan fingerprint density at radius 3 is 2.57 bits per heavy atom. The van der Waals surface area contributed by atoms with Crippen LogP contribution >= 0.6 is 0 Å². The number of benzene rings is 2. The van der Waals surface area contributed by atoms with Gasteiger partial charge < -0.3 is 10.2 Å². The highest BCUT2D eigenvalue weighted by Crippen LogP contribution is 2.20. The third kappa shape index (κ3) is 3.89. The summed E-state index contributed by atoms with van der Waals surface area (Å²) in [5.74, 6) is -0.0750. The number of nitriles is 1. The molecule has 0 atom stereocenters. The number of hydrogen-bond acceptors (Lipinski definition) is 3. The van der Waals surface area contributed by atoms with Crippen molar-refractivity contribution >= 4 is 17.3 Å². The van der Waals surface area contributed by atoms with Crippen LogP contribution in [0.15, 0.2) is 48.5 Å². The molecule has 0 bridgehead atoms. The van der Waals surface area contributed by atoms with Gasteiger partial charge in [-0.15, -0.1) is 0 Å². The van der Waals surface area contributed by atoms with Crippen molar-refractivity contribution in [2.24, 2.45) is 0 Å². The molecule has 1 saturated heterocycles. The number of anilines is 2. The van der Waals surface area contributed by atoms with Crippen molar-refractivity contribution in [2.75, 3.05) is 23.3 Å². The lowest BCUT2D eigenvalue weighted by Crippen LogP contribution is -2.17. The molecule has 3 rings (SSSR count). The van der Waals surface area contributed by atoms with Crippen molar-refractivity contribution in [1.82, 2.24) is 0 Å². The first-order chi connectivity index (χ1) is 11.2. The predicted octanol–water partition coefficient (Wildman–Crippen LogP) is 3.34. The number of amides is 1. The van der Waals surface area contributed by atoms with Crippen molar-refractivity contribution in [1.29, 1.82) is 5.26 Å². The van der Waals surface area contributed by atoms with E-state index in [4.69, 9.17) is 5.26 Å². The molecule has 4 nitrogen and oxygen atoms in total. The van der Waals surface area contributed by atoms with E-state index in [1.807, 2.05) is 12.1 Å². The molecule has 0 unspecified atom stereocenters. The van der Waals surface area contributed by atoms with Gasteiger partial charge in [-0.2, -0.15) is 5.26 Å². The van der Waals surface area contributed by atoms with Crippen molar-refractivity contribution in [3.05, 3.63) is 59.7 Å². The van der Waals surface area contributed by atoms with Crippen molar-refractivity contribution < 1.29 is 4.79 Å². The third-order valence-electron chi connectivity index (χ3n) is 4.05. The normalized spacial score (nSPS) is 13.6. The van der Waals surface area contributed by atoms with Gasteiger partial charge in [0.25, 0.3) is 0 Å². The van der Waals surface area contributed by atoms with E-state index in [-0.39, 0.29) is 5.91 Å². The molecule has 0 radical (unpaired) electrons. The van der Waals surface area contributed by atoms with E-state index in [2.05, 4.69) is 28.4 Å². The molecule has 0 saturated carbocycles. The number of nitrogens with zero attached hydrogens (tertiary/aromatic N) is 2. The molecular formula is C19H19N3O. The summed E-state index contributed by atoms with van der Waals surface area (Å²) in [6, 6.07) is 17.2. The summed E-state index contributed by atoms with van der Waals surface area (Å²) in [6.45, 7) is 2.24. The van der Waals surface area contributed by atoms with Crippen LogP contribution in [0.25, 0.3) is 0 Å². The fraction of sp³-hybridized carbons (Fsp3) is 0.263. The molecule has 1 fully saturated rings. The van der Waals surface area contributed by atoms with E-state index in [9.17, 15) is 4.79 Å². The monoisotopic (exact) mass is 305 g/mol. The lowest BCUT2D eigenvalue weighted by molar-refractivity contribution is -0.115. The summed E-state index contributed by atoms with van der Waals surface area (Å²) in [6.07, 6.45) is 2.84. The maximum absolute atomic E-state index is 12.1. The zero-order valence-corrected chi connectivity index (χ0v) is 13.0. The number of carbonyl (C=O) groups excluding carboxylic acids is 1. The van der Waals surface area contributed by atoms with Crippen LogP contribution in [-0.2, 0) is 11.2 Å². The Morgan fingerprint density at radius 2 is 1.87 bits per heavy atom. The molecule has 0 aromatic heterocycles. The van der Waals surface area contributed by atoms with Gasteiger partial charge in [0.05, 0.1) is 18.1 Å². The second-order valence-corrected chi connectivity index (χ2v) is 5.78. The van der Waals surface area contributed by atoms with E-state index in [0.29, 0.717) is 17.7 Å². The van der Waals surface area contributed by atoms with E-state index >= 15 is 0 Å². The molecule has 1 N–H and O–H groups in total. The number of rotatable bonds is 4. The fourth-order valence-electron chi connectivity index (χ4n) is 2.86. The minimum absolute atomic E-state index is 0.0750. The third-order valence-corrected chi connectivity index (χ3v) is 4.05. The maximum atomic E-state index is 12.1. The Kier molecular flexibility index (Phi) is 4.58. The van der Waals surface area contributed by atoms with Crippen LogP contribution in [0.4, 0.5) is 11.4 Å². The molecule has 1 heterocycles. The van der Waals surface area contributed by atoms with E-state index in [1.165, 1.54) is 18.5 Å². The summed E-state index contributed by atoms with van der Waals surface area (Å²) in [4.78, 5) is 14.5. The molecule has 2 aromatic carbocycles. The second kappa shape index (κ2) is 6.97. The van der Waals surface area contributed by atoms with Gasteiger partial charge in [0.15, 0.2) is 0 Å². The van der Waals surface area contributed by atoms with Crippen LogP contribution in [0.2, 0.25) is 0 Å². The van der Waals surface area contributed by atoms with Crippen LogP contribution in [0.3, 0.4) is 0 Å². The molecule has 116 valence electrons. The number of hydrogen-bond donors (Lipinski definition) is 1. The summed E-state index contributed by atoms with van der Waals surface area (Å²) in [7, 11) is 0. The van der Waals surface area contributed by atoms with E-state index in [0.717, 1.165) is 18.7 Å². The zero-order valence-electron chi connectivity index (χ0n) is 13.0. The van der Waals surface area contributed by atoms with Gasteiger partial charge in [-0.1, -0.05) is 18.2 Å². The minimum atomic E-state index is -0.0750. The molecule has 0 spiro atoms. The first-order valence-corrected chi connectivity index (χ1v) is 7.88. The Labute approximate surface area is 136 Å². The first-order valence-electron chi connectivity index (χ1n) is 7.88. The van der Waals surface area contributed by atoms with Crippen LogP contribution < -0.4 is 10.2 Å². The largest absolute Gasteiger partial charge is 0.372 e. The molecule has 23 heavy (non-hydrogen) atoms. The van der Waals surface area contributed by atoms with Crippen LogP contribution in [-0.4, -0.2) is 19.0 Å². The Bertz CT molecular complexity index is 725. The van der Waals surface area contributed by atoms with Gasteiger partial charge in [-0.3, -0.25) is 4.79 Å². The topological polar surface area (TPSA) is 56.1 Å². The summed E-state index contributed by atoms with van der Waals surface area (Å²) < 4.78 is 0. The zero-order chi connectivity index (χ0) is 16.1. The second-order valence-electron chi connectivity index (χ2n) is 5.78. The molecule has 1 aliphatic heterocycles.